The average Bonchev–Trinajstić information content (AvgIpc) is 2.91. The van der Waals surface area contributed by atoms with Gasteiger partial charge >= 0.3 is 0 Å². The average molecular weight is 231 g/mol. The number of aliphatic hydroxyl groups excluding tert-OH is 1. The number of likely N-dealkylation sites (tertiary alicyclic amines) is 1. The third-order valence-corrected chi connectivity index (χ3v) is 4.07. The second-order valence-corrected chi connectivity index (χ2v) is 5.07. The minimum Gasteiger partial charge on any atom is -0.373 e. The van der Waals surface area contributed by atoms with E-state index >= 15 is 0 Å². The van der Waals surface area contributed by atoms with Crippen molar-refractivity contribution in [1.82, 2.24) is 4.90 Å². The van der Waals surface area contributed by atoms with Crippen LogP contribution in [-0.4, -0.2) is 22.1 Å². The van der Waals surface area contributed by atoms with Crippen LogP contribution in [0.3, 0.4) is 0 Å². The van der Waals surface area contributed by atoms with Gasteiger partial charge in [0.25, 0.3) is 0 Å². The van der Waals surface area contributed by atoms with Gasteiger partial charge in [0.05, 0.1) is 0 Å². The molecule has 1 N–H and O–H groups in total. The molecule has 0 spiro atoms. The number of hydrogen-bond acceptors (Lipinski definition) is 2. The van der Waals surface area contributed by atoms with E-state index in [0.29, 0.717) is 6.54 Å². The molecule has 0 radical (unpaired) electrons. The predicted molar refractivity (Wildman–Crippen MR) is 63.8 cm³/mol. The van der Waals surface area contributed by atoms with Crippen LogP contribution in [0.15, 0.2) is 30.3 Å². The Morgan fingerprint density at radius 3 is 2.71 bits per heavy atom. The molecule has 1 heterocycles. The molecule has 1 aliphatic heterocycles. The Bertz CT molecular complexity index is 417. The standard InChI is InChI=1S/C14H17NO2/c16-13-11-7-4-8-12(11)14(17)15(13)9-10-5-2-1-3-6-10/h1-3,5-6,11-13,16H,4,7-9H2. The molecule has 3 unspecified atom stereocenters. The van der Waals surface area contributed by atoms with Crippen molar-refractivity contribution < 1.29 is 9.90 Å². The van der Waals surface area contributed by atoms with E-state index in [2.05, 4.69) is 0 Å². The Hall–Kier alpha value is -1.35. The van der Waals surface area contributed by atoms with E-state index in [1.54, 1.807) is 4.90 Å². The van der Waals surface area contributed by atoms with Crippen molar-refractivity contribution in [3.8, 4) is 0 Å². The quantitative estimate of drug-likeness (QED) is 0.842. The van der Waals surface area contributed by atoms with Gasteiger partial charge in [-0.25, -0.2) is 0 Å². The number of amides is 1. The lowest BCUT2D eigenvalue weighted by atomic mass is 9.99. The summed E-state index contributed by atoms with van der Waals surface area (Å²) in [6, 6.07) is 9.87. The van der Waals surface area contributed by atoms with Crippen LogP contribution in [0.4, 0.5) is 0 Å². The second kappa shape index (κ2) is 4.15. The molecule has 3 rings (SSSR count). The first-order valence-corrected chi connectivity index (χ1v) is 6.30. The predicted octanol–water partition coefficient (Wildman–Crippen LogP) is 1.76. The van der Waals surface area contributed by atoms with Crippen LogP contribution >= 0.6 is 0 Å². The Morgan fingerprint density at radius 2 is 2.00 bits per heavy atom. The van der Waals surface area contributed by atoms with Crippen LogP contribution in [0.25, 0.3) is 0 Å². The molecule has 0 aromatic heterocycles. The number of aliphatic hydroxyl groups is 1. The van der Waals surface area contributed by atoms with Gasteiger partial charge in [-0.2, -0.15) is 0 Å². The van der Waals surface area contributed by atoms with E-state index in [0.717, 1.165) is 24.8 Å². The molecular weight excluding hydrogens is 214 g/mol. The monoisotopic (exact) mass is 231 g/mol. The van der Waals surface area contributed by atoms with Crippen molar-refractivity contribution in [2.75, 3.05) is 0 Å². The van der Waals surface area contributed by atoms with E-state index in [4.69, 9.17) is 0 Å². The summed E-state index contributed by atoms with van der Waals surface area (Å²) >= 11 is 0. The van der Waals surface area contributed by atoms with Gasteiger partial charge in [0.15, 0.2) is 0 Å². The lowest BCUT2D eigenvalue weighted by molar-refractivity contribution is -0.136. The number of fused-ring (bicyclic) bond motifs is 1. The van der Waals surface area contributed by atoms with Crippen molar-refractivity contribution in [2.24, 2.45) is 11.8 Å². The van der Waals surface area contributed by atoms with E-state index in [9.17, 15) is 9.90 Å². The van der Waals surface area contributed by atoms with E-state index in [-0.39, 0.29) is 17.7 Å². The fourth-order valence-corrected chi connectivity index (χ4v) is 3.18. The van der Waals surface area contributed by atoms with Gasteiger partial charge in [0, 0.05) is 18.4 Å². The number of nitrogens with zero attached hydrogens (tertiary/aromatic N) is 1. The molecule has 2 aliphatic rings. The van der Waals surface area contributed by atoms with Gasteiger partial charge in [0.1, 0.15) is 6.23 Å². The Balaban J connectivity index is 1.78. The van der Waals surface area contributed by atoms with Crippen LogP contribution in [-0.2, 0) is 11.3 Å². The summed E-state index contributed by atoms with van der Waals surface area (Å²) in [5.74, 6) is 0.392. The normalized spacial score (nSPS) is 31.9. The molecule has 1 saturated heterocycles. The van der Waals surface area contributed by atoms with E-state index < -0.39 is 6.23 Å². The maximum atomic E-state index is 12.2. The van der Waals surface area contributed by atoms with Crippen molar-refractivity contribution in [3.05, 3.63) is 35.9 Å². The minimum absolute atomic E-state index is 0.0775. The minimum atomic E-state index is -0.574. The lowest BCUT2D eigenvalue weighted by Crippen LogP contribution is -2.34. The number of hydrogen-bond donors (Lipinski definition) is 1. The van der Waals surface area contributed by atoms with Gasteiger partial charge in [-0.1, -0.05) is 36.8 Å². The smallest absolute Gasteiger partial charge is 0.228 e. The van der Waals surface area contributed by atoms with Gasteiger partial charge in [-0.15, -0.1) is 0 Å². The zero-order chi connectivity index (χ0) is 11.8. The van der Waals surface area contributed by atoms with Crippen molar-refractivity contribution in [3.63, 3.8) is 0 Å². The molecule has 1 amide bonds. The fourth-order valence-electron chi connectivity index (χ4n) is 3.18. The summed E-state index contributed by atoms with van der Waals surface area (Å²) in [5.41, 5.74) is 1.08. The third-order valence-electron chi connectivity index (χ3n) is 4.07. The van der Waals surface area contributed by atoms with Crippen molar-refractivity contribution in [1.29, 1.82) is 0 Å². The fraction of sp³-hybridized carbons (Fsp3) is 0.500. The zero-order valence-corrected chi connectivity index (χ0v) is 9.75. The van der Waals surface area contributed by atoms with Crippen molar-refractivity contribution in [2.45, 2.75) is 32.0 Å². The molecule has 1 saturated carbocycles. The van der Waals surface area contributed by atoms with Crippen LogP contribution in [0.1, 0.15) is 24.8 Å². The van der Waals surface area contributed by atoms with Crippen LogP contribution in [0.2, 0.25) is 0 Å². The molecule has 1 aromatic carbocycles. The van der Waals surface area contributed by atoms with Crippen molar-refractivity contribution >= 4 is 5.91 Å². The van der Waals surface area contributed by atoms with Gasteiger partial charge < -0.3 is 10.0 Å². The third kappa shape index (κ3) is 1.75. The summed E-state index contributed by atoms with van der Waals surface area (Å²) in [5, 5.41) is 10.2. The molecule has 17 heavy (non-hydrogen) atoms. The molecule has 2 fully saturated rings. The number of carbonyl (C=O) groups is 1. The van der Waals surface area contributed by atoms with Gasteiger partial charge in [-0.05, 0) is 18.4 Å². The zero-order valence-electron chi connectivity index (χ0n) is 9.75. The molecule has 3 nitrogen and oxygen atoms in total. The maximum Gasteiger partial charge on any atom is 0.228 e. The molecule has 3 atom stereocenters. The highest BCUT2D eigenvalue weighted by atomic mass is 16.3. The molecule has 0 bridgehead atoms. The summed E-state index contributed by atoms with van der Waals surface area (Å²) in [4.78, 5) is 13.8. The molecule has 3 heteroatoms. The molecular formula is C14H17NO2. The van der Waals surface area contributed by atoms with E-state index in [1.807, 2.05) is 30.3 Å². The first-order chi connectivity index (χ1) is 8.27. The number of benzene rings is 1. The molecule has 90 valence electrons. The number of carbonyl (C=O) groups excluding carboxylic acids is 1. The second-order valence-electron chi connectivity index (χ2n) is 5.07. The topological polar surface area (TPSA) is 40.5 Å². The first-order valence-electron chi connectivity index (χ1n) is 6.30. The first kappa shape index (κ1) is 10.8. The van der Waals surface area contributed by atoms with Gasteiger partial charge in [0.2, 0.25) is 5.91 Å². The molecule has 1 aliphatic carbocycles. The molecule has 1 aromatic rings. The SMILES string of the molecule is O=C1C2CCCC2C(O)N1Cc1ccccc1. The highest BCUT2D eigenvalue weighted by molar-refractivity contribution is 5.82. The Morgan fingerprint density at radius 1 is 1.24 bits per heavy atom. The van der Waals surface area contributed by atoms with Crippen LogP contribution in [0.5, 0.6) is 0 Å². The summed E-state index contributed by atoms with van der Waals surface area (Å²) < 4.78 is 0. The Kier molecular flexibility index (Phi) is 2.63. The highest BCUT2D eigenvalue weighted by Crippen LogP contribution is 2.42. The maximum absolute atomic E-state index is 12.2. The lowest BCUT2D eigenvalue weighted by Gasteiger charge is -2.23. The Labute approximate surface area is 101 Å². The largest absolute Gasteiger partial charge is 0.373 e. The van der Waals surface area contributed by atoms with Gasteiger partial charge in [-0.3, -0.25) is 4.79 Å². The summed E-state index contributed by atoms with van der Waals surface area (Å²) in [6.07, 6.45) is 2.45. The van der Waals surface area contributed by atoms with Crippen LogP contribution < -0.4 is 0 Å². The summed E-state index contributed by atoms with van der Waals surface area (Å²) in [6.45, 7) is 0.536. The summed E-state index contributed by atoms with van der Waals surface area (Å²) in [7, 11) is 0. The van der Waals surface area contributed by atoms with E-state index in [1.165, 1.54) is 0 Å². The number of rotatable bonds is 2. The highest BCUT2D eigenvalue weighted by Gasteiger charge is 2.49. The van der Waals surface area contributed by atoms with Crippen LogP contribution in [0, 0.1) is 11.8 Å².